The van der Waals surface area contributed by atoms with E-state index in [0.29, 0.717) is 18.1 Å². The lowest BCUT2D eigenvalue weighted by atomic mass is 10.1. The van der Waals surface area contributed by atoms with Crippen LogP contribution in [0, 0.1) is 6.92 Å². The lowest BCUT2D eigenvalue weighted by Gasteiger charge is -2.09. The summed E-state index contributed by atoms with van der Waals surface area (Å²) >= 11 is 1.65. The fourth-order valence-electron chi connectivity index (χ4n) is 2.68. The topological polar surface area (TPSA) is 68.7 Å². The van der Waals surface area contributed by atoms with Crippen LogP contribution in [0.2, 0.25) is 0 Å². The molecule has 0 unspecified atom stereocenters. The zero-order valence-corrected chi connectivity index (χ0v) is 16.1. The Balaban J connectivity index is 1.69. The number of hydrogen-bond acceptors (Lipinski definition) is 5. The van der Waals surface area contributed by atoms with E-state index in [4.69, 9.17) is 19.6 Å². The molecule has 0 aliphatic rings. The van der Waals surface area contributed by atoms with Crippen molar-refractivity contribution in [1.82, 2.24) is 4.98 Å². The molecule has 0 aliphatic carbocycles. The maximum atomic E-state index is 10.6. The number of thiazole rings is 1. The van der Waals surface area contributed by atoms with Crippen molar-refractivity contribution in [3.63, 3.8) is 0 Å². The SMILES string of the molecule is CCc1nc(COc2ccc(OCC(=O)O)c(C)c2)sc1-c1ccccc1. The first-order valence-corrected chi connectivity index (χ1v) is 9.50. The van der Waals surface area contributed by atoms with Gasteiger partial charge in [0.25, 0.3) is 0 Å². The van der Waals surface area contributed by atoms with Crippen LogP contribution in [0.15, 0.2) is 48.5 Å². The molecule has 0 saturated heterocycles. The van der Waals surface area contributed by atoms with E-state index in [1.54, 1.807) is 23.5 Å². The number of rotatable bonds is 8. The number of hydrogen-bond donors (Lipinski definition) is 1. The lowest BCUT2D eigenvalue weighted by molar-refractivity contribution is -0.139. The Bertz CT molecular complexity index is 921. The molecular weight excluding hydrogens is 362 g/mol. The molecule has 27 heavy (non-hydrogen) atoms. The van der Waals surface area contributed by atoms with Gasteiger partial charge < -0.3 is 14.6 Å². The van der Waals surface area contributed by atoms with Crippen molar-refractivity contribution in [1.29, 1.82) is 0 Å². The van der Waals surface area contributed by atoms with Crippen molar-refractivity contribution in [3.8, 4) is 21.9 Å². The van der Waals surface area contributed by atoms with E-state index in [-0.39, 0.29) is 6.61 Å². The molecule has 0 saturated carbocycles. The summed E-state index contributed by atoms with van der Waals surface area (Å²) < 4.78 is 11.1. The fourth-order valence-corrected chi connectivity index (χ4v) is 3.75. The molecule has 0 fully saturated rings. The standard InChI is InChI=1S/C21H21NO4S/c1-3-17-21(15-7-5-4-6-8-15)27-19(22-17)12-25-16-9-10-18(14(2)11-16)26-13-20(23)24/h4-11H,3,12-13H2,1-2H3,(H,23,24). The predicted molar refractivity (Wildman–Crippen MR) is 106 cm³/mol. The lowest BCUT2D eigenvalue weighted by Crippen LogP contribution is -2.10. The molecule has 0 radical (unpaired) electrons. The first kappa shape index (κ1) is 18.9. The summed E-state index contributed by atoms with van der Waals surface area (Å²) in [6.45, 7) is 3.99. The number of aliphatic carboxylic acids is 1. The van der Waals surface area contributed by atoms with Gasteiger partial charge in [-0.2, -0.15) is 0 Å². The Morgan fingerprint density at radius 1 is 1.15 bits per heavy atom. The monoisotopic (exact) mass is 383 g/mol. The van der Waals surface area contributed by atoms with Gasteiger partial charge in [-0.25, -0.2) is 9.78 Å². The third kappa shape index (κ3) is 4.86. The van der Waals surface area contributed by atoms with Crippen LogP contribution < -0.4 is 9.47 Å². The van der Waals surface area contributed by atoms with E-state index in [2.05, 4.69) is 19.1 Å². The second-order valence-electron chi connectivity index (χ2n) is 6.00. The van der Waals surface area contributed by atoms with Crippen LogP contribution in [-0.4, -0.2) is 22.7 Å². The predicted octanol–water partition coefficient (Wildman–Crippen LogP) is 4.72. The van der Waals surface area contributed by atoms with Gasteiger partial charge in [0.2, 0.25) is 0 Å². The summed E-state index contributed by atoms with van der Waals surface area (Å²) in [7, 11) is 0. The van der Waals surface area contributed by atoms with Crippen LogP contribution in [0.5, 0.6) is 11.5 Å². The van der Waals surface area contributed by atoms with Crippen LogP contribution in [0.4, 0.5) is 0 Å². The first-order chi connectivity index (χ1) is 13.1. The smallest absolute Gasteiger partial charge is 0.341 e. The Kier molecular flexibility index (Phi) is 6.08. The Hall–Kier alpha value is -2.86. The van der Waals surface area contributed by atoms with Gasteiger partial charge in [0.1, 0.15) is 23.1 Å². The highest BCUT2D eigenvalue weighted by atomic mass is 32.1. The zero-order chi connectivity index (χ0) is 19.2. The molecule has 1 N–H and O–H groups in total. The second kappa shape index (κ2) is 8.68. The third-order valence-electron chi connectivity index (χ3n) is 3.97. The first-order valence-electron chi connectivity index (χ1n) is 8.69. The summed E-state index contributed by atoms with van der Waals surface area (Å²) in [6.07, 6.45) is 0.870. The van der Waals surface area contributed by atoms with Crippen LogP contribution in [0.3, 0.4) is 0 Å². The maximum Gasteiger partial charge on any atom is 0.341 e. The van der Waals surface area contributed by atoms with Gasteiger partial charge in [-0.15, -0.1) is 11.3 Å². The van der Waals surface area contributed by atoms with Crippen molar-refractivity contribution in [2.75, 3.05) is 6.61 Å². The molecule has 6 heteroatoms. The number of benzene rings is 2. The van der Waals surface area contributed by atoms with Gasteiger partial charge in [-0.05, 0) is 42.7 Å². The summed E-state index contributed by atoms with van der Waals surface area (Å²) in [5.41, 5.74) is 3.08. The largest absolute Gasteiger partial charge is 0.486 e. The minimum atomic E-state index is -1.00. The highest BCUT2D eigenvalue weighted by Crippen LogP contribution is 2.31. The van der Waals surface area contributed by atoms with Gasteiger partial charge in [-0.3, -0.25) is 0 Å². The molecule has 0 amide bonds. The maximum absolute atomic E-state index is 10.6. The van der Waals surface area contributed by atoms with Crippen molar-refractivity contribution in [2.45, 2.75) is 26.9 Å². The average molecular weight is 383 g/mol. The average Bonchev–Trinajstić information content (AvgIpc) is 3.09. The van der Waals surface area contributed by atoms with Crippen LogP contribution in [0.1, 0.15) is 23.2 Å². The summed E-state index contributed by atoms with van der Waals surface area (Å²) in [4.78, 5) is 16.5. The van der Waals surface area contributed by atoms with Gasteiger partial charge >= 0.3 is 5.97 Å². The van der Waals surface area contributed by atoms with Crippen LogP contribution in [-0.2, 0) is 17.8 Å². The highest BCUT2D eigenvalue weighted by Gasteiger charge is 2.12. The van der Waals surface area contributed by atoms with Gasteiger partial charge in [-0.1, -0.05) is 37.3 Å². The number of carbonyl (C=O) groups is 1. The van der Waals surface area contributed by atoms with Crippen LogP contribution >= 0.6 is 11.3 Å². The minimum absolute atomic E-state index is 0.359. The van der Waals surface area contributed by atoms with Crippen molar-refractivity contribution in [3.05, 3.63) is 64.8 Å². The Labute approximate surface area is 162 Å². The number of aromatic nitrogens is 1. The number of nitrogens with zero attached hydrogens (tertiary/aromatic N) is 1. The minimum Gasteiger partial charge on any atom is -0.486 e. The summed E-state index contributed by atoms with van der Waals surface area (Å²) in [5, 5.41) is 9.63. The van der Waals surface area contributed by atoms with Crippen molar-refractivity contribution >= 4 is 17.3 Å². The molecular formula is C21H21NO4S. The quantitative estimate of drug-likeness (QED) is 0.609. The number of aryl methyl sites for hydroxylation is 2. The molecule has 0 bridgehead atoms. The molecule has 1 heterocycles. The highest BCUT2D eigenvalue weighted by molar-refractivity contribution is 7.15. The molecule has 3 rings (SSSR count). The van der Waals surface area contributed by atoms with E-state index >= 15 is 0 Å². The van der Waals surface area contributed by atoms with Crippen LogP contribution in [0.25, 0.3) is 10.4 Å². The molecule has 2 aromatic carbocycles. The second-order valence-corrected chi connectivity index (χ2v) is 7.09. The van der Waals surface area contributed by atoms with Gasteiger partial charge in [0.15, 0.2) is 6.61 Å². The molecule has 1 aromatic heterocycles. The molecule has 140 valence electrons. The van der Waals surface area contributed by atoms with Crippen molar-refractivity contribution in [2.24, 2.45) is 0 Å². The van der Waals surface area contributed by atoms with E-state index in [1.165, 1.54) is 10.4 Å². The zero-order valence-electron chi connectivity index (χ0n) is 15.3. The normalized spacial score (nSPS) is 10.6. The van der Waals surface area contributed by atoms with Gasteiger partial charge in [0, 0.05) is 0 Å². The summed E-state index contributed by atoms with van der Waals surface area (Å²) in [6, 6.07) is 15.6. The number of carboxylic acid groups (broad SMARTS) is 1. The third-order valence-corrected chi connectivity index (χ3v) is 5.09. The summed E-state index contributed by atoms with van der Waals surface area (Å²) in [5.74, 6) is 0.239. The molecule has 0 spiro atoms. The van der Waals surface area contributed by atoms with E-state index in [1.807, 2.05) is 31.2 Å². The van der Waals surface area contributed by atoms with E-state index in [0.717, 1.165) is 22.7 Å². The Morgan fingerprint density at radius 2 is 1.93 bits per heavy atom. The molecule has 0 atom stereocenters. The van der Waals surface area contributed by atoms with E-state index < -0.39 is 5.97 Å². The fraction of sp³-hybridized carbons (Fsp3) is 0.238. The molecule has 0 aliphatic heterocycles. The van der Waals surface area contributed by atoms with Crippen molar-refractivity contribution < 1.29 is 19.4 Å². The number of carboxylic acids is 1. The number of ether oxygens (including phenoxy) is 2. The molecule has 5 nitrogen and oxygen atoms in total. The van der Waals surface area contributed by atoms with E-state index in [9.17, 15) is 4.79 Å². The Morgan fingerprint density at radius 3 is 2.59 bits per heavy atom. The molecule has 3 aromatic rings. The van der Waals surface area contributed by atoms with Gasteiger partial charge in [0.05, 0.1) is 10.6 Å².